The van der Waals surface area contributed by atoms with Gasteiger partial charge in [0.2, 0.25) is 0 Å². The van der Waals surface area contributed by atoms with E-state index in [9.17, 15) is 0 Å². The highest BCUT2D eigenvalue weighted by molar-refractivity contribution is 6.32. The van der Waals surface area contributed by atoms with E-state index in [2.05, 4.69) is 31.2 Å². The molecule has 0 saturated heterocycles. The summed E-state index contributed by atoms with van der Waals surface area (Å²) in [6.07, 6.45) is 1.01. The smallest absolute Gasteiger partial charge is 0.138 e. The number of hydrogen-bond donors (Lipinski definition) is 0. The maximum Gasteiger partial charge on any atom is 0.138 e. The molecular formula is C15H15ClO. The van der Waals surface area contributed by atoms with Gasteiger partial charge in [-0.1, -0.05) is 48.9 Å². The Labute approximate surface area is 107 Å². The average molecular weight is 247 g/mol. The zero-order valence-electron chi connectivity index (χ0n) is 10.0. The van der Waals surface area contributed by atoms with Gasteiger partial charge in [0, 0.05) is 0 Å². The third-order valence-electron chi connectivity index (χ3n) is 2.86. The fraction of sp³-hybridized carbons (Fsp3) is 0.200. The Balaban J connectivity index is 2.53. The largest absolute Gasteiger partial charge is 0.495 e. The van der Waals surface area contributed by atoms with E-state index in [1.807, 2.05) is 18.2 Å². The van der Waals surface area contributed by atoms with E-state index in [4.69, 9.17) is 16.3 Å². The molecule has 17 heavy (non-hydrogen) atoms. The monoisotopic (exact) mass is 246 g/mol. The molecule has 0 radical (unpaired) electrons. The van der Waals surface area contributed by atoms with Gasteiger partial charge in [0.25, 0.3) is 0 Å². The van der Waals surface area contributed by atoms with Crippen LogP contribution in [0.4, 0.5) is 0 Å². The summed E-state index contributed by atoms with van der Waals surface area (Å²) in [6, 6.07) is 14.3. The summed E-state index contributed by atoms with van der Waals surface area (Å²) in [5.74, 6) is 0.718. The Bertz CT molecular complexity index is 520. The van der Waals surface area contributed by atoms with Gasteiger partial charge in [-0.3, -0.25) is 0 Å². The van der Waals surface area contributed by atoms with Gasteiger partial charge in [-0.2, -0.15) is 0 Å². The molecule has 2 aromatic rings. The van der Waals surface area contributed by atoms with Gasteiger partial charge >= 0.3 is 0 Å². The van der Waals surface area contributed by atoms with Crippen molar-refractivity contribution in [2.24, 2.45) is 0 Å². The topological polar surface area (TPSA) is 9.23 Å². The van der Waals surface area contributed by atoms with E-state index in [1.54, 1.807) is 7.11 Å². The average Bonchev–Trinajstić information content (AvgIpc) is 2.39. The van der Waals surface area contributed by atoms with Gasteiger partial charge in [-0.25, -0.2) is 0 Å². The lowest BCUT2D eigenvalue weighted by molar-refractivity contribution is 0.415. The van der Waals surface area contributed by atoms with Gasteiger partial charge in [-0.05, 0) is 35.2 Å². The molecule has 0 unspecified atom stereocenters. The SMILES string of the molecule is CCc1ccccc1-c1ccc(Cl)c(OC)c1. The standard InChI is InChI=1S/C15H15ClO/c1-3-11-6-4-5-7-13(11)12-8-9-14(16)15(10-12)17-2/h4-10H,3H2,1-2H3. The zero-order chi connectivity index (χ0) is 12.3. The van der Waals surface area contributed by atoms with Crippen LogP contribution < -0.4 is 4.74 Å². The van der Waals surface area contributed by atoms with Crippen molar-refractivity contribution in [3.05, 3.63) is 53.1 Å². The van der Waals surface area contributed by atoms with Gasteiger partial charge in [0.15, 0.2) is 0 Å². The van der Waals surface area contributed by atoms with Crippen molar-refractivity contribution in [3.8, 4) is 16.9 Å². The number of methoxy groups -OCH3 is 1. The summed E-state index contributed by atoms with van der Waals surface area (Å²) in [7, 11) is 1.64. The minimum absolute atomic E-state index is 0.644. The fourth-order valence-electron chi connectivity index (χ4n) is 1.94. The van der Waals surface area contributed by atoms with Crippen LogP contribution in [-0.2, 0) is 6.42 Å². The molecule has 2 heteroatoms. The van der Waals surface area contributed by atoms with Crippen LogP contribution >= 0.6 is 11.6 Å². The number of hydrogen-bond acceptors (Lipinski definition) is 1. The van der Waals surface area contributed by atoms with Crippen molar-refractivity contribution in [2.45, 2.75) is 13.3 Å². The predicted molar refractivity (Wildman–Crippen MR) is 72.8 cm³/mol. The first-order valence-corrected chi connectivity index (χ1v) is 6.06. The number of ether oxygens (including phenoxy) is 1. The van der Waals surface area contributed by atoms with E-state index in [-0.39, 0.29) is 0 Å². The molecule has 0 atom stereocenters. The summed E-state index contributed by atoms with van der Waals surface area (Å²) in [5, 5.41) is 0.644. The number of halogens is 1. The normalized spacial score (nSPS) is 10.3. The third-order valence-corrected chi connectivity index (χ3v) is 3.17. The summed E-state index contributed by atoms with van der Waals surface area (Å²) < 4.78 is 5.25. The highest BCUT2D eigenvalue weighted by Gasteiger charge is 2.06. The van der Waals surface area contributed by atoms with Gasteiger partial charge in [0.1, 0.15) is 5.75 Å². The first kappa shape index (κ1) is 12.0. The van der Waals surface area contributed by atoms with Crippen LogP contribution in [-0.4, -0.2) is 7.11 Å². The molecule has 0 saturated carbocycles. The highest BCUT2D eigenvalue weighted by Crippen LogP contribution is 2.32. The Hall–Kier alpha value is -1.47. The maximum absolute atomic E-state index is 6.03. The van der Waals surface area contributed by atoms with E-state index in [0.717, 1.165) is 17.7 Å². The summed E-state index contributed by atoms with van der Waals surface area (Å²) in [4.78, 5) is 0. The van der Waals surface area contributed by atoms with E-state index < -0.39 is 0 Å². The van der Waals surface area contributed by atoms with Crippen LogP contribution in [0, 0.1) is 0 Å². The van der Waals surface area contributed by atoms with Crippen molar-refractivity contribution in [3.63, 3.8) is 0 Å². The second-order valence-corrected chi connectivity index (χ2v) is 4.27. The molecule has 0 N–H and O–H groups in total. The lowest BCUT2D eigenvalue weighted by atomic mass is 9.98. The molecule has 0 aliphatic heterocycles. The second-order valence-electron chi connectivity index (χ2n) is 3.86. The number of benzene rings is 2. The van der Waals surface area contributed by atoms with E-state index >= 15 is 0 Å². The van der Waals surface area contributed by atoms with Crippen molar-refractivity contribution >= 4 is 11.6 Å². The molecule has 0 spiro atoms. The molecular weight excluding hydrogens is 232 g/mol. The van der Waals surface area contributed by atoms with Crippen molar-refractivity contribution in [1.82, 2.24) is 0 Å². The molecule has 0 aromatic heterocycles. The molecule has 0 heterocycles. The van der Waals surface area contributed by atoms with Gasteiger partial charge in [-0.15, -0.1) is 0 Å². The van der Waals surface area contributed by atoms with E-state index in [1.165, 1.54) is 11.1 Å². The Morgan fingerprint density at radius 2 is 1.88 bits per heavy atom. The minimum atomic E-state index is 0.644. The van der Waals surface area contributed by atoms with Gasteiger partial charge < -0.3 is 4.74 Å². The lowest BCUT2D eigenvalue weighted by Gasteiger charge is -2.10. The molecule has 0 bridgehead atoms. The first-order chi connectivity index (χ1) is 8.26. The molecule has 0 fully saturated rings. The minimum Gasteiger partial charge on any atom is -0.495 e. The van der Waals surface area contributed by atoms with Crippen LogP contribution in [0.25, 0.3) is 11.1 Å². The highest BCUT2D eigenvalue weighted by atomic mass is 35.5. The van der Waals surface area contributed by atoms with E-state index in [0.29, 0.717) is 5.02 Å². The van der Waals surface area contributed by atoms with Crippen molar-refractivity contribution in [1.29, 1.82) is 0 Å². The second kappa shape index (κ2) is 5.24. The summed E-state index contributed by atoms with van der Waals surface area (Å²) in [6.45, 7) is 2.16. The molecule has 0 aliphatic carbocycles. The Morgan fingerprint density at radius 3 is 2.59 bits per heavy atom. The number of aryl methyl sites for hydroxylation is 1. The predicted octanol–water partition coefficient (Wildman–Crippen LogP) is 4.58. The van der Waals surface area contributed by atoms with Crippen molar-refractivity contribution in [2.75, 3.05) is 7.11 Å². The molecule has 1 nitrogen and oxygen atoms in total. The zero-order valence-corrected chi connectivity index (χ0v) is 10.8. The fourth-order valence-corrected chi connectivity index (χ4v) is 2.13. The Kier molecular flexibility index (Phi) is 3.70. The first-order valence-electron chi connectivity index (χ1n) is 5.68. The van der Waals surface area contributed by atoms with Crippen molar-refractivity contribution < 1.29 is 4.74 Å². The van der Waals surface area contributed by atoms with Crippen LogP contribution in [0.1, 0.15) is 12.5 Å². The molecule has 2 rings (SSSR count). The molecule has 0 amide bonds. The Morgan fingerprint density at radius 1 is 1.12 bits per heavy atom. The molecule has 2 aromatic carbocycles. The number of rotatable bonds is 3. The lowest BCUT2D eigenvalue weighted by Crippen LogP contribution is -1.89. The van der Waals surface area contributed by atoms with Crippen LogP contribution in [0.2, 0.25) is 5.02 Å². The van der Waals surface area contributed by atoms with Crippen LogP contribution in [0.3, 0.4) is 0 Å². The quantitative estimate of drug-likeness (QED) is 0.770. The maximum atomic E-state index is 6.03. The molecule has 0 aliphatic rings. The summed E-state index contributed by atoms with van der Waals surface area (Å²) in [5.41, 5.74) is 3.71. The van der Waals surface area contributed by atoms with Crippen LogP contribution in [0.5, 0.6) is 5.75 Å². The van der Waals surface area contributed by atoms with Crippen LogP contribution in [0.15, 0.2) is 42.5 Å². The molecule has 88 valence electrons. The third kappa shape index (κ3) is 2.45. The van der Waals surface area contributed by atoms with Gasteiger partial charge in [0.05, 0.1) is 12.1 Å². The summed E-state index contributed by atoms with van der Waals surface area (Å²) >= 11 is 6.03.